The van der Waals surface area contributed by atoms with Gasteiger partial charge in [-0.25, -0.2) is 9.86 Å². The summed E-state index contributed by atoms with van der Waals surface area (Å²) in [6, 6.07) is 0.150. The molecule has 0 heterocycles. The van der Waals surface area contributed by atoms with Gasteiger partial charge in [0, 0.05) is 19.5 Å². The second-order valence-corrected chi connectivity index (χ2v) is 8.86. The molecule has 0 aromatic heterocycles. The molecule has 0 aromatic carbocycles. The predicted octanol–water partition coefficient (Wildman–Crippen LogP) is 4.25. The molecule has 0 unspecified atom stereocenters. The van der Waals surface area contributed by atoms with E-state index in [4.69, 9.17) is 15.3 Å². The second-order valence-electron chi connectivity index (χ2n) is 8.86. The van der Waals surface area contributed by atoms with Gasteiger partial charge in [0.25, 0.3) is 0 Å². The summed E-state index contributed by atoms with van der Waals surface area (Å²) in [5, 5.41) is 1.62. The largest absolute Gasteiger partial charge is 0.444 e. The molecular weight excluding hydrogens is 370 g/mol. The van der Waals surface area contributed by atoms with Gasteiger partial charge in [-0.2, -0.15) is 0 Å². The molecule has 7 heteroatoms. The number of amides is 2. The van der Waals surface area contributed by atoms with Crippen molar-refractivity contribution in [2.75, 3.05) is 26.2 Å². The zero-order valence-electron chi connectivity index (χ0n) is 19.1. The van der Waals surface area contributed by atoms with E-state index in [9.17, 15) is 9.59 Å². The van der Waals surface area contributed by atoms with Crippen LogP contribution in [0.2, 0.25) is 0 Å². The Kier molecular flexibility index (Phi) is 12.2. The maximum Gasteiger partial charge on any atom is 0.410 e. The van der Waals surface area contributed by atoms with E-state index >= 15 is 0 Å². The SMILES string of the molecule is CCN(CCON(C(=O)CCCCCCN)C1CCCCC1)C(=O)OC(C)(C)C. The van der Waals surface area contributed by atoms with Crippen molar-refractivity contribution in [3.05, 3.63) is 0 Å². The van der Waals surface area contributed by atoms with Crippen molar-refractivity contribution in [1.82, 2.24) is 9.96 Å². The zero-order chi connectivity index (χ0) is 21.7. The minimum atomic E-state index is -0.528. The van der Waals surface area contributed by atoms with Gasteiger partial charge in [-0.05, 0) is 59.9 Å². The van der Waals surface area contributed by atoms with Gasteiger partial charge < -0.3 is 15.4 Å². The molecule has 0 aliphatic heterocycles. The number of carbonyl (C=O) groups is 2. The van der Waals surface area contributed by atoms with Crippen molar-refractivity contribution in [3.8, 4) is 0 Å². The van der Waals surface area contributed by atoms with Crippen molar-refractivity contribution < 1.29 is 19.2 Å². The van der Waals surface area contributed by atoms with Crippen LogP contribution >= 0.6 is 0 Å². The van der Waals surface area contributed by atoms with Crippen LogP contribution in [0.15, 0.2) is 0 Å². The molecule has 170 valence electrons. The topological polar surface area (TPSA) is 85.1 Å². The van der Waals surface area contributed by atoms with Crippen molar-refractivity contribution in [2.45, 2.75) is 104 Å². The van der Waals surface area contributed by atoms with Gasteiger partial charge in [-0.3, -0.25) is 9.63 Å². The maximum atomic E-state index is 12.8. The van der Waals surface area contributed by atoms with E-state index in [0.717, 1.165) is 51.4 Å². The summed E-state index contributed by atoms with van der Waals surface area (Å²) in [5.74, 6) is 0.0602. The van der Waals surface area contributed by atoms with Crippen LogP contribution in [0, 0.1) is 0 Å². The first-order valence-corrected chi connectivity index (χ1v) is 11.4. The van der Waals surface area contributed by atoms with Crippen LogP contribution in [-0.4, -0.2) is 59.8 Å². The highest BCUT2D eigenvalue weighted by atomic mass is 16.7. The highest BCUT2D eigenvalue weighted by Crippen LogP contribution is 2.24. The van der Waals surface area contributed by atoms with Gasteiger partial charge in [0.05, 0.1) is 12.6 Å². The van der Waals surface area contributed by atoms with E-state index < -0.39 is 5.60 Å². The number of carbonyl (C=O) groups excluding carboxylic acids is 2. The lowest BCUT2D eigenvalue weighted by atomic mass is 9.95. The molecule has 1 aliphatic carbocycles. The maximum absolute atomic E-state index is 12.8. The first-order valence-electron chi connectivity index (χ1n) is 11.4. The van der Waals surface area contributed by atoms with Crippen LogP contribution in [0.25, 0.3) is 0 Å². The fraction of sp³-hybridized carbons (Fsp3) is 0.909. The lowest BCUT2D eigenvalue weighted by molar-refractivity contribution is -0.204. The Labute approximate surface area is 177 Å². The third kappa shape index (κ3) is 10.8. The minimum absolute atomic E-state index is 0.0602. The van der Waals surface area contributed by atoms with Crippen molar-refractivity contribution >= 4 is 12.0 Å². The highest BCUT2D eigenvalue weighted by Gasteiger charge is 2.27. The van der Waals surface area contributed by atoms with Crippen LogP contribution in [0.1, 0.15) is 91.9 Å². The van der Waals surface area contributed by atoms with Crippen molar-refractivity contribution in [1.29, 1.82) is 0 Å². The van der Waals surface area contributed by atoms with Gasteiger partial charge in [0.15, 0.2) is 0 Å². The van der Waals surface area contributed by atoms with Crippen LogP contribution < -0.4 is 5.73 Å². The Morgan fingerprint density at radius 1 is 1.03 bits per heavy atom. The standard InChI is InChI=1S/C22H43N3O4/c1-5-24(21(27)29-22(2,3)4)17-18-28-25(19-13-9-8-10-14-19)20(26)15-11-6-7-12-16-23/h19H,5-18,23H2,1-4H3. The quantitative estimate of drug-likeness (QED) is 0.382. The van der Waals surface area contributed by atoms with Gasteiger partial charge in [0.1, 0.15) is 5.60 Å². The minimum Gasteiger partial charge on any atom is -0.444 e. The highest BCUT2D eigenvalue weighted by molar-refractivity contribution is 5.75. The average molecular weight is 414 g/mol. The van der Waals surface area contributed by atoms with E-state index in [2.05, 4.69) is 0 Å². The van der Waals surface area contributed by atoms with Crippen molar-refractivity contribution in [3.63, 3.8) is 0 Å². The average Bonchev–Trinajstić information content (AvgIpc) is 2.67. The summed E-state index contributed by atoms with van der Waals surface area (Å²) in [4.78, 5) is 32.7. The fourth-order valence-electron chi connectivity index (χ4n) is 3.54. The van der Waals surface area contributed by atoms with Gasteiger partial charge in [-0.1, -0.05) is 32.1 Å². The first kappa shape index (κ1) is 25.7. The van der Waals surface area contributed by atoms with Crippen LogP contribution in [0.4, 0.5) is 4.79 Å². The summed E-state index contributed by atoms with van der Waals surface area (Å²) >= 11 is 0. The van der Waals surface area contributed by atoms with E-state index in [0.29, 0.717) is 32.7 Å². The van der Waals surface area contributed by atoms with Crippen LogP contribution in [0.5, 0.6) is 0 Å². The second kappa shape index (κ2) is 13.8. The Bertz CT molecular complexity index is 473. The Morgan fingerprint density at radius 2 is 1.69 bits per heavy atom. The summed E-state index contributed by atoms with van der Waals surface area (Å²) in [6.45, 7) is 9.41. The summed E-state index contributed by atoms with van der Waals surface area (Å²) in [7, 11) is 0. The van der Waals surface area contributed by atoms with Gasteiger partial charge >= 0.3 is 6.09 Å². The molecule has 0 atom stereocenters. The monoisotopic (exact) mass is 413 g/mol. The first-order chi connectivity index (χ1) is 13.8. The van der Waals surface area contributed by atoms with E-state index in [-0.39, 0.29) is 18.0 Å². The molecule has 0 spiro atoms. The predicted molar refractivity (Wildman–Crippen MR) is 115 cm³/mol. The number of rotatable bonds is 12. The molecule has 7 nitrogen and oxygen atoms in total. The van der Waals surface area contributed by atoms with Crippen LogP contribution in [0.3, 0.4) is 0 Å². The number of hydroxylamine groups is 2. The third-order valence-electron chi connectivity index (χ3n) is 5.12. The van der Waals surface area contributed by atoms with Crippen LogP contribution in [-0.2, 0) is 14.4 Å². The lowest BCUT2D eigenvalue weighted by Gasteiger charge is -2.34. The van der Waals surface area contributed by atoms with E-state index in [1.54, 1.807) is 9.96 Å². The molecule has 1 saturated carbocycles. The number of nitrogens with zero attached hydrogens (tertiary/aromatic N) is 2. The molecule has 1 fully saturated rings. The fourth-order valence-corrected chi connectivity index (χ4v) is 3.54. The molecular formula is C22H43N3O4. The number of nitrogens with two attached hydrogens (primary N) is 1. The summed E-state index contributed by atoms with van der Waals surface area (Å²) < 4.78 is 5.44. The molecule has 0 saturated heterocycles. The van der Waals surface area contributed by atoms with E-state index in [1.807, 2.05) is 27.7 Å². The van der Waals surface area contributed by atoms with Crippen molar-refractivity contribution in [2.24, 2.45) is 5.73 Å². The normalized spacial score (nSPS) is 15.2. The molecule has 0 bridgehead atoms. The Hall–Kier alpha value is -1.34. The molecule has 1 aliphatic rings. The Balaban J connectivity index is 2.55. The zero-order valence-corrected chi connectivity index (χ0v) is 19.1. The molecule has 0 radical (unpaired) electrons. The molecule has 1 rings (SSSR count). The van der Waals surface area contributed by atoms with Gasteiger partial charge in [-0.15, -0.1) is 0 Å². The number of ether oxygens (including phenoxy) is 1. The molecule has 0 aromatic rings. The van der Waals surface area contributed by atoms with E-state index in [1.165, 1.54) is 6.42 Å². The summed E-state index contributed by atoms with van der Waals surface area (Å²) in [6.07, 6.45) is 9.58. The molecule has 29 heavy (non-hydrogen) atoms. The number of likely N-dealkylation sites (N-methyl/N-ethyl adjacent to an activating group) is 1. The smallest absolute Gasteiger partial charge is 0.410 e. The molecule has 2 N–H and O–H groups in total. The summed E-state index contributed by atoms with van der Waals surface area (Å²) in [5.41, 5.74) is 5.00. The third-order valence-corrected chi connectivity index (χ3v) is 5.12. The lowest BCUT2D eigenvalue weighted by Crippen LogP contribution is -2.44. The van der Waals surface area contributed by atoms with Gasteiger partial charge in [0.2, 0.25) is 5.91 Å². The number of hydrogen-bond acceptors (Lipinski definition) is 5. The number of unbranched alkanes of at least 4 members (excludes halogenated alkanes) is 3. The number of hydrogen-bond donors (Lipinski definition) is 1. The Morgan fingerprint density at radius 3 is 2.28 bits per heavy atom. The molecule has 2 amide bonds.